The number of halogens is 3. The molecule has 0 aliphatic carbocycles. The molecule has 8 heteroatoms. The third-order valence-corrected chi connectivity index (χ3v) is 3.77. The van der Waals surface area contributed by atoms with Crippen molar-refractivity contribution in [2.45, 2.75) is 32.9 Å². The van der Waals surface area contributed by atoms with Crippen LogP contribution in [0.5, 0.6) is 5.75 Å². The summed E-state index contributed by atoms with van der Waals surface area (Å²) in [5, 5.41) is 0. The molecule has 0 bridgehead atoms. The fourth-order valence-electron chi connectivity index (χ4n) is 2.36. The Kier molecular flexibility index (Phi) is 5.92. The first kappa shape index (κ1) is 17.7. The first-order valence-corrected chi connectivity index (χ1v) is 8.00. The van der Waals surface area contributed by atoms with Gasteiger partial charge in [0.25, 0.3) is 0 Å². The minimum Gasteiger partial charge on any atom is -0.464 e. The number of benzene rings is 1. The van der Waals surface area contributed by atoms with E-state index in [-0.39, 0.29) is 18.9 Å². The zero-order valence-electron chi connectivity index (χ0n) is 12.8. The highest BCUT2D eigenvalue weighted by Crippen LogP contribution is 2.35. The Labute approximate surface area is 141 Å². The summed E-state index contributed by atoms with van der Waals surface area (Å²) in [4.78, 5) is 17.9. The number of esters is 1. The molecule has 1 heterocycles. The maximum absolute atomic E-state index is 12.6. The molecule has 1 aliphatic rings. The molecule has 1 aromatic rings. The Morgan fingerprint density at radius 1 is 1.48 bits per heavy atom. The number of nitrogens with zero attached hydrogens (tertiary/aromatic N) is 2. The number of anilines is 1. The number of carbonyl (C=O) groups is 1. The SMILES string of the molecule is CCOC(=O)C1CN(c2ccc(Br)cc2OC(F)F)C(CC)=N1. The summed E-state index contributed by atoms with van der Waals surface area (Å²) in [5.41, 5.74) is 0.445. The highest BCUT2D eigenvalue weighted by molar-refractivity contribution is 9.10. The number of amidine groups is 1. The summed E-state index contributed by atoms with van der Waals surface area (Å²) < 4.78 is 35.5. The first-order valence-electron chi connectivity index (χ1n) is 7.21. The molecule has 5 nitrogen and oxygen atoms in total. The van der Waals surface area contributed by atoms with Crippen LogP contribution in [-0.2, 0) is 9.53 Å². The Morgan fingerprint density at radius 3 is 2.83 bits per heavy atom. The first-order chi connectivity index (χ1) is 11.0. The van der Waals surface area contributed by atoms with E-state index < -0.39 is 18.6 Å². The molecule has 0 saturated carbocycles. The lowest BCUT2D eigenvalue weighted by Gasteiger charge is -2.23. The van der Waals surface area contributed by atoms with Crippen molar-refractivity contribution >= 4 is 33.4 Å². The summed E-state index contributed by atoms with van der Waals surface area (Å²) in [6, 6.07) is 4.18. The molecule has 1 unspecified atom stereocenters. The molecule has 1 aliphatic heterocycles. The van der Waals surface area contributed by atoms with Crippen LogP contribution in [0.25, 0.3) is 0 Å². The molecule has 2 rings (SSSR count). The second kappa shape index (κ2) is 7.72. The van der Waals surface area contributed by atoms with Crippen molar-refractivity contribution in [3.05, 3.63) is 22.7 Å². The normalized spacial score (nSPS) is 17.4. The summed E-state index contributed by atoms with van der Waals surface area (Å²) in [6.45, 7) is 1.17. The van der Waals surface area contributed by atoms with Gasteiger partial charge in [0.2, 0.25) is 0 Å². The Bertz CT molecular complexity index is 610. The summed E-state index contributed by atoms with van der Waals surface area (Å²) in [7, 11) is 0. The minimum absolute atomic E-state index is 0.0278. The van der Waals surface area contributed by atoms with Gasteiger partial charge in [0.1, 0.15) is 5.84 Å². The zero-order chi connectivity index (χ0) is 17.0. The van der Waals surface area contributed by atoms with Crippen molar-refractivity contribution in [1.29, 1.82) is 0 Å². The van der Waals surface area contributed by atoms with Crippen molar-refractivity contribution in [3.8, 4) is 5.75 Å². The molecular weight excluding hydrogens is 374 g/mol. The summed E-state index contributed by atoms with van der Waals surface area (Å²) in [6.07, 6.45) is 0.556. The lowest BCUT2D eigenvalue weighted by atomic mass is 10.2. The van der Waals surface area contributed by atoms with Gasteiger partial charge < -0.3 is 14.4 Å². The molecule has 1 aromatic carbocycles. The van der Waals surface area contributed by atoms with Gasteiger partial charge in [-0.2, -0.15) is 8.78 Å². The second-order valence-electron chi connectivity index (χ2n) is 4.77. The molecule has 0 aromatic heterocycles. The van der Waals surface area contributed by atoms with Crippen LogP contribution in [0.3, 0.4) is 0 Å². The van der Waals surface area contributed by atoms with Gasteiger partial charge in [-0.25, -0.2) is 4.79 Å². The van der Waals surface area contributed by atoms with E-state index in [1.165, 1.54) is 6.07 Å². The van der Waals surface area contributed by atoms with Gasteiger partial charge in [0, 0.05) is 10.9 Å². The van der Waals surface area contributed by atoms with Gasteiger partial charge in [-0.05, 0) is 25.1 Å². The molecule has 0 radical (unpaired) electrons. The van der Waals surface area contributed by atoms with E-state index in [4.69, 9.17) is 4.74 Å². The highest BCUT2D eigenvalue weighted by Gasteiger charge is 2.32. The van der Waals surface area contributed by atoms with Crippen LogP contribution in [0.15, 0.2) is 27.7 Å². The smallest absolute Gasteiger partial charge is 0.387 e. The second-order valence-corrected chi connectivity index (χ2v) is 5.68. The van der Waals surface area contributed by atoms with Crippen molar-refractivity contribution in [2.75, 3.05) is 18.1 Å². The number of alkyl halides is 2. The van der Waals surface area contributed by atoms with Crippen LogP contribution in [0.1, 0.15) is 20.3 Å². The average molecular weight is 391 g/mol. The van der Waals surface area contributed by atoms with Gasteiger partial charge in [0.05, 0.1) is 18.8 Å². The largest absolute Gasteiger partial charge is 0.464 e. The predicted molar refractivity (Wildman–Crippen MR) is 86.3 cm³/mol. The number of hydrogen-bond acceptors (Lipinski definition) is 5. The number of aliphatic imine (C=N–C) groups is 1. The fourth-order valence-corrected chi connectivity index (χ4v) is 2.70. The molecule has 0 saturated heterocycles. The number of carbonyl (C=O) groups excluding carboxylic acids is 1. The van der Waals surface area contributed by atoms with Crippen LogP contribution in [-0.4, -0.2) is 37.6 Å². The van der Waals surface area contributed by atoms with E-state index in [1.807, 2.05) is 6.92 Å². The zero-order valence-corrected chi connectivity index (χ0v) is 14.3. The lowest BCUT2D eigenvalue weighted by Crippen LogP contribution is -2.32. The topological polar surface area (TPSA) is 51.1 Å². The van der Waals surface area contributed by atoms with Crippen LogP contribution in [0.4, 0.5) is 14.5 Å². The fraction of sp³-hybridized carbons (Fsp3) is 0.467. The molecule has 0 spiro atoms. The Hall–Kier alpha value is -1.70. The van der Waals surface area contributed by atoms with Crippen molar-refractivity contribution in [1.82, 2.24) is 0 Å². The van der Waals surface area contributed by atoms with E-state index in [2.05, 4.69) is 25.7 Å². The van der Waals surface area contributed by atoms with Gasteiger partial charge in [-0.1, -0.05) is 22.9 Å². The molecule has 126 valence electrons. The van der Waals surface area contributed by atoms with E-state index in [9.17, 15) is 13.6 Å². The van der Waals surface area contributed by atoms with Crippen LogP contribution < -0.4 is 9.64 Å². The maximum atomic E-state index is 12.6. The quantitative estimate of drug-likeness (QED) is 0.696. The predicted octanol–water partition coefficient (Wildman–Crippen LogP) is 3.61. The van der Waals surface area contributed by atoms with Gasteiger partial charge in [-0.15, -0.1) is 0 Å². The molecule has 0 fully saturated rings. The van der Waals surface area contributed by atoms with Gasteiger partial charge in [-0.3, -0.25) is 4.99 Å². The number of rotatable bonds is 6. The van der Waals surface area contributed by atoms with E-state index in [1.54, 1.807) is 24.0 Å². The Balaban J connectivity index is 2.31. The van der Waals surface area contributed by atoms with E-state index in [0.29, 0.717) is 22.4 Å². The highest BCUT2D eigenvalue weighted by atomic mass is 79.9. The molecule has 0 N–H and O–H groups in total. The monoisotopic (exact) mass is 390 g/mol. The molecular formula is C15H17BrF2N2O3. The van der Waals surface area contributed by atoms with Crippen molar-refractivity contribution < 1.29 is 23.0 Å². The molecule has 0 amide bonds. The maximum Gasteiger partial charge on any atom is 0.387 e. The molecule has 23 heavy (non-hydrogen) atoms. The van der Waals surface area contributed by atoms with Gasteiger partial charge >= 0.3 is 12.6 Å². The van der Waals surface area contributed by atoms with Crippen molar-refractivity contribution in [3.63, 3.8) is 0 Å². The molecule has 1 atom stereocenters. The van der Waals surface area contributed by atoms with Crippen LogP contribution >= 0.6 is 15.9 Å². The minimum atomic E-state index is -2.94. The average Bonchev–Trinajstić information content (AvgIpc) is 2.91. The van der Waals surface area contributed by atoms with Crippen LogP contribution in [0, 0.1) is 0 Å². The Morgan fingerprint density at radius 2 is 2.22 bits per heavy atom. The summed E-state index contributed by atoms with van der Waals surface area (Å²) in [5.74, 6) is 0.235. The van der Waals surface area contributed by atoms with Crippen LogP contribution in [0.2, 0.25) is 0 Å². The summed E-state index contributed by atoms with van der Waals surface area (Å²) >= 11 is 3.23. The van der Waals surface area contributed by atoms with E-state index in [0.717, 1.165) is 0 Å². The standard InChI is InChI=1S/C15H17BrF2N2O3/c1-3-13-19-10(14(21)22-4-2)8-20(13)11-6-5-9(16)7-12(11)23-15(17)18/h5-7,10,15H,3-4,8H2,1-2H3. The third-order valence-electron chi connectivity index (χ3n) is 3.28. The van der Waals surface area contributed by atoms with E-state index >= 15 is 0 Å². The number of hydrogen-bond donors (Lipinski definition) is 0. The van der Waals surface area contributed by atoms with Crippen molar-refractivity contribution in [2.24, 2.45) is 4.99 Å². The lowest BCUT2D eigenvalue weighted by molar-refractivity contribution is -0.144. The van der Waals surface area contributed by atoms with Gasteiger partial charge in [0.15, 0.2) is 11.8 Å². The number of ether oxygens (including phenoxy) is 2. The third kappa shape index (κ3) is 4.19.